The highest BCUT2D eigenvalue weighted by Gasteiger charge is 2.36. The van der Waals surface area contributed by atoms with E-state index in [-0.39, 0.29) is 28.5 Å². The fourth-order valence-corrected chi connectivity index (χ4v) is 4.66. The number of hydrogen-bond acceptors (Lipinski definition) is 2. The molecule has 1 aliphatic carbocycles. The van der Waals surface area contributed by atoms with Gasteiger partial charge < -0.3 is 5.32 Å². The molecule has 1 N–H and O–H groups in total. The molecule has 4 nitrogen and oxygen atoms in total. The van der Waals surface area contributed by atoms with Crippen molar-refractivity contribution < 1.29 is 26.7 Å². The van der Waals surface area contributed by atoms with Crippen molar-refractivity contribution in [3.05, 3.63) is 40.0 Å². The van der Waals surface area contributed by atoms with Gasteiger partial charge in [0.05, 0.1) is 22.2 Å². The molecule has 3 rings (SSSR count). The highest BCUT2D eigenvalue weighted by molar-refractivity contribution is 6.36. The Morgan fingerprint density at radius 1 is 1.21 bits per heavy atom. The third-order valence-corrected chi connectivity index (χ3v) is 6.89. The van der Waals surface area contributed by atoms with E-state index in [1.165, 1.54) is 4.68 Å². The van der Waals surface area contributed by atoms with Gasteiger partial charge in [-0.3, -0.25) is 9.48 Å². The van der Waals surface area contributed by atoms with E-state index in [4.69, 9.17) is 11.6 Å². The van der Waals surface area contributed by atoms with Crippen molar-refractivity contribution in [2.75, 3.05) is 6.54 Å². The largest absolute Gasteiger partial charge is 0.391 e. The van der Waals surface area contributed by atoms with Crippen molar-refractivity contribution in [3.8, 4) is 11.3 Å². The minimum Gasteiger partial charge on any atom is -0.350 e. The molecular formula is C24H29ClF5N3O. The lowest BCUT2D eigenvalue weighted by Crippen LogP contribution is -2.31. The fraction of sp³-hybridized carbons (Fsp3) is 0.583. The van der Waals surface area contributed by atoms with Crippen LogP contribution in [0.4, 0.5) is 22.0 Å². The lowest BCUT2D eigenvalue weighted by atomic mass is 9.83. The molecule has 0 radical (unpaired) electrons. The van der Waals surface area contributed by atoms with Crippen LogP contribution in [0.2, 0.25) is 5.02 Å². The number of amides is 1. The van der Waals surface area contributed by atoms with Gasteiger partial charge in [-0.25, -0.2) is 8.78 Å². The molecule has 0 bridgehead atoms. The number of alkyl halides is 3. The van der Waals surface area contributed by atoms with Crippen molar-refractivity contribution in [2.45, 2.75) is 65.6 Å². The first-order chi connectivity index (χ1) is 15.9. The second kappa shape index (κ2) is 10.6. The molecule has 1 aliphatic rings. The van der Waals surface area contributed by atoms with Gasteiger partial charge in [-0.1, -0.05) is 38.3 Å². The summed E-state index contributed by atoms with van der Waals surface area (Å²) in [5, 5.41) is 6.77. The summed E-state index contributed by atoms with van der Waals surface area (Å²) in [5.74, 6) is -3.39. The number of halogens is 6. The van der Waals surface area contributed by atoms with Gasteiger partial charge in [-0.15, -0.1) is 0 Å². The molecule has 10 heteroatoms. The Bertz CT molecular complexity index is 1010. The Kier molecular flexibility index (Phi) is 8.26. The number of aryl methyl sites for hydroxylation is 1. The molecule has 0 saturated heterocycles. The van der Waals surface area contributed by atoms with Crippen LogP contribution < -0.4 is 5.32 Å². The number of hydrogen-bond donors (Lipinski definition) is 1. The molecule has 1 fully saturated rings. The molecule has 2 aromatic rings. The van der Waals surface area contributed by atoms with E-state index in [1.807, 2.05) is 0 Å². The zero-order valence-corrected chi connectivity index (χ0v) is 20.2. The Hall–Kier alpha value is -2.16. The average Bonchev–Trinajstić information content (AvgIpc) is 3.08. The zero-order chi connectivity index (χ0) is 25.2. The van der Waals surface area contributed by atoms with Crippen molar-refractivity contribution in [3.63, 3.8) is 0 Å². The van der Waals surface area contributed by atoms with E-state index < -0.39 is 41.6 Å². The van der Waals surface area contributed by atoms with E-state index >= 15 is 0 Å². The molecular weight excluding hydrogens is 477 g/mol. The van der Waals surface area contributed by atoms with Crippen LogP contribution in [0.1, 0.15) is 62.5 Å². The predicted molar refractivity (Wildman–Crippen MR) is 121 cm³/mol. The summed E-state index contributed by atoms with van der Waals surface area (Å²) in [6.45, 7) is 5.47. The van der Waals surface area contributed by atoms with Gasteiger partial charge in [0.1, 0.15) is 11.6 Å². The van der Waals surface area contributed by atoms with E-state index in [9.17, 15) is 26.7 Å². The van der Waals surface area contributed by atoms with Crippen LogP contribution in [0.5, 0.6) is 0 Å². The standard InChI is InChI=1S/C24H29ClF5N3O/c1-4-33-22(19-17(26)10-16(11-18(19)27)9-14(3)24(28,29)30)20(25)21(32-33)23(34)31-12-15-7-5-13(2)6-8-15/h10-11,13-15H,4-9,12H2,1-3H3,(H,31,34). The van der Waals surface area contributed by atoms with E-state index in [2.05, 4.69) is 17.3 Å². The summed E-state index contributed by atoms with van der Waals surface area (Å²) in [6, 6.07) is 1.74. The maximum Gasteiger partial charge on any atom is 0.391 e. The Morgan fingerprint density at radius 2 is 1.79 bits per heavy atom. The second-order valence-corrected chi connectivity index (χ2v) is 9.62. The maximum absolute atomic E-state index is 15.0. The summed E-state index contributed by atoms with van der Waals surface area (Å²) >= 11 is 6.38. The van der Waals surface area contributed by atoms with Gasteiger partial charge in [0.15, 0.2) is 5.69 Å². The SMILES string of the molecule is CCn1nc(C(=O)NCC2CCC(C)CC2)c(Cl)c1-c1c(F)cc(CC(C)C(F)(F)F)cc1F. The predicted octanol–water partition coefficient (Wildman–Crippen LogP) is 6.80. The van der Waals surface area contributed by atoms with Crippen molar-refractivity contribution >= 4 is 17.5 Å². The zero-order valence-electron chi connectivity index (χ0n) is 19.4. The fourth-order valence-electron chi connectivity index (χ4n) is 4.35. The minimum absolute atomic E-state index is 0.119. The molecule has 0 spiro atoms. The summed E-state index contributed by atoms with van der Waals surface area (Å²) in [5.41, 5.74) is -0.910. The lowest BCUT2D eigenvalue weighted by molar-refractivity contribution is -0.169. The number of nitrogens with zero attached hydrogens (tertiary/aromatic N) is 2. The van der Waals surface area contributed by atoms with Crippen molar-refractivity contribution in [1.82, 2.24) is 15.1 Å². The number of carbonyl (C=O) groups is 1. The Morgan fingerprint density at radius 3 is 2.32 bits per heavy atom. The monoisotopic (exact) mass is 505 g/mol. The third kappa shape index (κ3) is 5.90. The van der Waals surface area contributed by atoms with E-state index in [0.717, 1.165) is 44.7 Å². The van der Waals surface area contributed by atoms with Crippen LogP contribution in [0.15, 0.2) is 12.1 Å². The molecule has 1 atom stereocenters. The van der Waals surface area contributed by atoms with Crippen LogP contribution in [0.3, 0.4) is 0 Å². The third-order valence-electron chi connectivity index (χ3n) is 6.54. The van der Waals surface area contributed by atoms with Crippen molar-refractivity contribution in [1.29, 1.82) is 0 Å². The van der Waals surface area contributed by atoms with Gasteiger partial charge in [-0.2, -0.15) is 18.3 Å². The number of rotatable bonds is 7. The lowest BCUT2D eigenvalue weighted by Gasteiger charge is -2.26. The molecule has 1 saturated carbocycles. The second-order valence-electron chi connectivity index (χ2n) is 9.24. The molecule has 34 heavy (non-hydrogen) atoms. The number of carbonyl (C=O) groups excluding carboxylic acids is 1. The molecule has 1 amide bonds. The van der Waals surface area contributed by atoms with Gasteiger partial charge in [-0.05, 0) is 55.7 Å². The van der Waals surface area contributed by atoms with Crippen LogP contribution >= 0.6 is 11.6 Å². The molecule has 1 heterocycles. The van der Waals surface area contributed by atoms with Gasteiger partial charge in [0.25, 0.3) is 5.91 Å². The van der Waals surface area contributed by atoms with E-state index in [0.29, 0.717) is 18.4 Å². The molecule has 1 aromatic heterocycles. The smallest absolute Gasteiger partial charge is 0.350 e. The van der Waals surface area contributed by atoms with E-state index in [1.54, 1.807) is 6.92 Å². The van der Waals surface area contributed by atoms with Crippen LogP contribution in [-0.4, -0.2) is 28.4 Å². The van der Waals surface area contributed by atoms with Gasteiger partial charge in [0, 0.05) is 13.1 Å². The number of nitrogens with one attached hydrogen (secondary N) is 1. The topological polar surface area (TPSA) is 46.9 Å². The van der Waals surface area contributed by atoms with Gasteiger partial charge >= 0.3 is 6.18 Å². The van der Waals surface area contributed by atoms with Crippen LogP contribution in [0, 0.1) is 29.4 Å². The minimum atomic E-state index is -4.48. The number of aromatic nitrogens is 2. The highest BCUT2D eigenvalue weighted by atomic mass is 35.5. The maximum atomic E-state index is 15.0. The average molecular weight is 506 g/mol. The molecule has 1 unspecified atom stereocenters. The number of benzene rings is 1. The first-order valence-corrected chi connectivity index (χ1v) is 11.9. The summed E-state index contributed by atoms with van der Waals surface area (Å²) in [6.07, 6.45) is -0.808. The normalized spacial score (nSPS) is 19.8. The van der Waals surface area contributed by atoms with Crippen LogP contribution in [0.25, 0.3) is 11.3 Å². The van der Waals surface area contributed by atoms with Gasteiger partial charge in [0.2, 0.25) is 0 Å². The van der Waals surface area contributed by atoms with Crippen LogP contribution in [-0.2, 0) is 13.0 Å². The first-order valence-electron chi connectivity index (χ1n) is 11.5. The van der Waals surface area contributed by atoms with Crippen molar-refractivity contribution in [2.24, 2.45) is 17.8 Å². The Labute approximate surface area is 200 Å². The highest BCUT2D eigenvalue weighted by Crippen LogP contribution is 2.36. The quantitative estimate of drug-likeness (QED) is 0.421. The summed E-state index contributed by atoms with van der Waals surface area (Å²) < 4.78 is 69.7. The first kappa shape index (κ1) is 26.4. The molecule has 0 aliphatic heterocycles. The summed E-state index contributed by atoms with van der Waals surface area (Å²) in [4.78, 5) is 12.8. The molecule has 188 valence electrons. The Balaban J connectivity index is 1.85. The molecule has 1 aromatic carbocycles. The summed E-state index contributed by atoms with van der Waals surface area (Å²) in [7, 11) is 0.